The van der Waals surface area contributed by atoms with Gasteiger partial charge in [0.05, 0.1) is 5.56 Å². The minimum atomic E-state index is -0.0960. The van der Waals surface area contributed by atoms with E-state index in [-0.39, 0.29) is 5.91 Å². The van der Waals surface area contributed by atoms with Gasteiger partial charge < -0.3 is 5.32 Å². The summed E-state index contributed by atoms with van der Waals surface area (Å²) in [5, 5.41) is 7.02. The Labute approximate surface area is 133 Å². The predicted octanol–water partition coefficient (Wildman–Crippen LogP) is 2.15. The van der Waals surface area contributed by atoms with Gasteiger partial charge in [-0.1, -0.05) is 0 Å². The van der Waals surface area contributed by atoms with Crippen LogP contribution >= 0.6 is 38.5 Å². The van der Waals surface area contributed by atoms with Crippen LogP contribution in [0.15, 0.2) is 29.0 Å². The molecule has 2 aromatic rings. The van der Waals surface area contributed by atoms with E-state index in [1.807, 2.05) is 25.2 Å². The van der Waals surface area contributed by atoms with Gasteiger partial charge in [-0.05, 0) is 56.7 Å². The highest BCUT2D eigenvalue weighted by molar-refractivity contribution is 14.1. The van der Waals surface area contributed by atoms with Crippen molar-refractivity contribution in [2.45, 2.75) is 6.42 Å². The average Bonchev–Trinajstić information content (AvgIpc) is 2.78. The molecule has 0 radical (unpaired) electrons. The number of halogens is 2. The van der Waals surface area contributed by atoms with Gasteiger partial charge >= 0.3 is 0 Å². The van der Waals surface area contributed by atoms with E-state index in [4.69, 9.17) is 0 Å². The lowest BCUT2D eigenvalue weighted by Gasteiger charge is -2.06. The van der Waals surface area contributed by atoms with Gasteiger partial charge in [0.2, 0.25) is 0 Å². The first-order valence-electron chi connectivity index (χ1n) is 5.64. The summed E-state index contributed by atoms with van der Waals surface area (Å²) >= 11 is 5.56. The molecule has 7 heteroatoms. The third-order valence-corrected chi connectivity index (χ3v) is 3.82. The molecule has 5 nitrogen and oxygen atoms in total. The van der Waals surface area contributed by atoms with E-state index in [9.17, 15) is 4.79 Å². The number of aryl methyl sites for hydroxylation is 1. The standard InChI is InChI=1S/C12H12BrIN4O/c1-18-7-16-11(17-18)4-5-15-12(19)9-6-8(14)2-3-10(9)13/h2-3,6-7H,4-5H2,1H3,(H,15,19). The second kappa shape index (κ2) is 6.47. The molecule has 1 N–H and O–H groups in total. The SMILES string of the molecule is Cn1cnc(CCNC(=O)c2cc(I)ccc2Br)n1. The van der Waals surface area contributed by atoms with E-state index in [0.29, 0.717) is 18.5 Å². The van der Waals surface area contributed by atoms with Crippen molar-refractivity contribution in [1.29, 1.82) is 0 Å². The Morgan fingerprint density at radius 3 is 3.00 bits per heavy atom. The Balaban J connectivity index is 1.92. The van der Waals surface area contributed by atoms with Crippen molar-refractivity contribution >= 4 is 44.4 Å². The molecule has 0 spiro atoms. The van der Waals surface area contributed by atoms with Gasteiger partial charge in [0.15, 0.2) is 5.82 Å². The maximum absolute atomic E-state index is 12.0. The van der Waals surface area contributed by atoms with Crippen LogP contribution in [0.2, 0.25) is 0 Å². The van der Waals surface area contributed by atoms with E-state index in [0.717, 1.165) is 13.9 Å². The summed E-state index contributed by atoms with van der Waals surface area (Å²) in [6.45, 7) is 0.515. The van der Waals surface area contributed by atoms with Crippen LogP contribution in [0.5, 0.6) is 0 Å². The normalized spacial score (nSPS) is 10.5. The molecule has 0 saturated heterocycles. The van der Waals surface area contributed by atoms with Crippen LogP contribution in [0.4, 0.5) is 0 Å². The molecule has 100 valence electrons. The fourth-order valence-corrected chi connectivity index (χ4v) is 2.47. The second-order valence-electron chi connectivity index (χ2n) is 3.96. The van der Waals surface area contributed by atoms with Crippen LogP contribution in [-0.4, -0.2) is 27.2 Å². The highest BCUT2D eigenvalue weighted by Crippen LogP contribution is 2.19. The number of hydrogen-bond acceptors (Lipinski definition) is 3. The van der Waals surface area contributed by atoms with E-state index in [2.05, 4.69) is 53.9 Å². The van der Waals surface area contributed by atoms with Crippen LogP contribution < -0.4 is 5.32 Å². The third kappa shape index (κ3) is 4.00. The van der Waals surface area contributed by atoms with Gasteiger partial charge in [0.1, 0.15) is 6.33 Å². The summed E-state index contributed by atoms with van der Waals surface area (Å²) in [5.74, 6) is 0.630. The molecule has 2 rings (SSSR count). The third-order valence-electron chi connectivity index (χ3n) is 2.45. The maximum Gasteiger partial charge on any atom is 0.252 e. The van der Waals surface area contributed by atoms with Crippen molar-refractivity contribution in [3.05, 3.63) is 44.0 Å². The minimum Gasteiger partial charge on any atom is -0.352 e. The molecule has 0 bridgehead atoms. The minimum absolute atomic E-state index is 0.0960. The molecule has 1 amide bonds. The molecule has 0 unspecified atom stereocenters. The summed E-state index contributed by atoms with van der Waals surface area (Å²) in [6.07, 6.45) is 2.27. The van der Waals surface area contributed by atoms with Gasteiger partial charge in [-0.3, -0.25) is 9.48 Å². The van der Waals surface area contributed by atoms with E-state index >= 15 is 0 Å². The highest BCUT2D eigenvalue weighted by atomic mass is 127. The lowest BCUT2D eigenvalue weighted by atomic mass is 10.2. The number of carbonyl (C=O) groups is 1. The summed E-state index contributed by atoms with van der Waals surface area (Å²) in [7, 11) is 1.82. The zero-order chi connectivity index (χ0) is 13.8. The Morgan fingerprint density at radius 1 is 1.53 bits per heavy atom. The molecule has 19 heavy (non-hydrogen) atoms. The van der Waals surface area contributed by atoms with Gasteiger partial charge in [-0.15, -0.1) is 0 Å². The maximum atomic E-state index is 12.0. The zero-order valence-electron chi connectivity index (χ0n) is 10.2. The average molecular weight is 435 g/mol. The summed E-state index contributed by atoms with van der Waals surface area (Å²) in [6, 6.07) is 5.66. The Morgan fingerprint density at radius 2 is 2.32 bits per heavy atom. The van der Waals surface area contributed by atoms with Crippen LogP contribution in [0.25, 0.3) is 0 Å². The number of nitrogens with zero attached hydrogens (tertiary/aromatic N) is 3. The Kier molecular flexibility index (Phi) is 4.92. The molecule has 0 aliphatic heterocycles. The van der Waals surface area contributed by atoms with Crippen molar-refractivity contribution < 1.29 is 4.79 Å². The first-order chi connectivity index (χ1) is 9.06. The van der Waals surface area contributed by atoms with Crippen LogP contribution in [0, 0.1) is 3.57 Å². The highest BCUT2D eigenvalue weighted by Gasteiger charge is 2.10. The number of rotatable bonds is 4. The van der Waals surface area contributed by atoms with Gasteiger partial charge in [0, 0.05) is 28.1 Å². The van der Waals surface area contributed by atoms with E-state index in [1.54, 1.807) is 11.0 Å². The van der Waals surface area contributed by atoms with Crippen LogP contribution in [-0.2, 0) is 13.5 Å². The molecule has 1 aromatic heterocycles. The molecule has 0 fully saturated rings. The van der Waals surface area contributed by atoms with E-state index < -0.39 is 0 Å². The molecular formula is C12H12BrIN4O. The number of nitrogens with one attached hydrogen (secondary N) is 1. The topological polar surface area (TPSA) is 59.8 Å². The molecule has 1 aromatic carbocycles. The number of hydrogen-bond donors (Lipinski definition) is 1. The molecule has 0 saturated carbocycles. The largest absolute Gasteiger partial charge is 0.352 e. The lowest BCUT2D eigenvalue weighted by molar-refractivity contribution is 0.0953. The predicted molar refractivity (Wildman–Crippen MR) is 83.9 cm³/mol. The van der Waals surface area contributed by atoms with Crippen molar-refractivity contribution in [3.63, 3.8) is 0 Å². The fraction of sp³-hybridized carbons (Fsp3) is 0.250. The fourth-order valence-electron chi connectivity index (χ4n) is 1.55. The number of carbonyl (C=O) groups excluding carboxylic acids is 1. The van der Waals surface area contributed by atoms with Gasteiger partial charge in [-0.25, -0.2) is 4.98 Å². The number of amides is 1. The Bertz CT molecular complexity index is 599. The summed E-state index contributed by atoms with van der Waals surface area (Å²) < 4.78 is 3.46. The Hall–Kier alpha value is -0.960. The smallest absolute Gasteiger partial charge is 0.252 e. The van der Waals surface area contributed by atoms with Gasteiger partial charge in [-0.2, -0.15) is 5.10 Å². The molecule has 0 aliphatic carbocycles. The zero-order valence-corrected chi connectivity index (χ0v) is 14.0. The van der Waals surface area contributed by atoms with Crippen molar-refractivity contribution in [2.75, 3.05) is 6.54 Å². The summed E-state index contributed by atoms with van der Waals surface area (Å²) in [4.78, 5) is 16.1. The molecule has 1 heterocycles. The second-order valence-corrected chi connectivity index (χ2v) is 6.06. The number of benzene rings is 1. The monoisotopic (exact) mass is 434 g/mol. The van der Waals surface area contributed by atoms with Crippen molar-refractivity contribution in [3.8, 4) is 0 Å². The molecular weight excluding hydrogens is 423 g/mol. The molecule has 0 aliphatic rings. The van der Waals surface area contributed by atoms with Crippen LogP contribution in [0.3, 0.4) is 0 Å². The van der Waals surface area contributed by atoms with Crippen molar-refractivity contribution in [1.82, 2.24) is 20.1 Å². The lowest BCUT2D eigenvalue weighted by Crippen LogP contribution is -2.26. The quantitative estimate of drug-likeness (QED) is 0.750. The van der Waals surface area contributed by atoms with Crippen LogP contribution in [0.1, 0.15) is 16.2 Å². The first kappa shape index (κ1) is 14.4. The van der Waals surface area contributed by atoms with Gasteiger partial charge in [0.25, 0.3) is 5.91 Å². The number of aromatic nitrogens is 3. The van der Waals surface area contributed by atoms with Crippen molar-refractivity contribution in [2.24, 2.45) is 7.05 Å². The first-order valence-corrected chi connectivity index (χ1v) is 7.51. The summed E-state index contributed by atoms with van der Waals surface area (Å²) in [5.41, 5.74) is 0.640. The van der Waals surface area contributed by atoms with E-state index in [1.165, 1.54) is 0 Å². The molecule has 0 atom stereocenters.